The van der Waals surface area contributed by atoms with Gasteiger partial charge in [-0.15, -0.1) is 0 Å². The monoisotopic (exact) mass is 449 g/mol. The normalized spacial score (nSPS) is 18.1. The highest BCUT2D eigenvalue weighted by Crippen LogP contribution is 2.31. The lowest BCUT2D eigenvalue weighted by Gasteiger charge is -2.26. The van der Waals surface area contributed by atoms with Crippen molar-refractivity contribution < 1.29 is 18.0 Å². The van der Waals surface area contributed by atoms with Crippen molar-refractivity contribution in [3.05, 3.63) is 23.8 Å². The number of carbonyl (C=O) groups is 2. The highest BCUT2D eigenvalue weighted by Gasteiger charge is 2.30. The van der Waals surface area contributed by atoms with Crippen molar-refractivity contribution in [2.75, 3.05) is 11.4 Å². The molecule has 1 atom stereocenters. The van der Waals surface area contributed by atoms with Crippen molar-refractivity contribution in [3.63, 3.8) is 0 Å². The van der Waals surface area contributed by atoms with Gasteiger partial charge in [0.1, 0.15) is 6.04 Å². The molecule has 172 valence electrons. The largest absolute Gasteiger partial charge is 0.352 e. The van der Waals surface area contributed by atoms with Crippen LogP contribution in [0.1, 0.15) is 71.3 Å². The number of hydrogen-bond donors (Lipinski definition) is 2. The molecule has 0 radical (unpaired) electrons. The van der Waals surface area contributed by atoms with E-state index in [0.717, 1.165) is 36.9 Å². The summed E-state index contributed by atoms with van der Waals surface area (Å²) in [6, 6.07) is 4.17. The molecule has 0 bridgehead atoms. The minimum Gasteiger partial charge on any atom is -0.352 e. The van der Waals surface area contributed by atoms with Gasteiger partial charge in [-0.05, 0) is 55.4 Å². The minimum atomic E-state index is -3.87. The molecule has 1 aromatic carbocycles. The van der Waals surface area contributed by atoms with Gasteiger partial charge in [0.05, 0.1) is 4.90 Å². The summed E-state index contributed by atoms with van der Waals surface area (Å²) in [5, 5.41) is 3.05. The van der Waals surface area contributed by atoms with Crippen LogP contribution in [0.5, 0.6) is 0 Å². The van der Waals surface area contributed by atoms with Crippen molar-refractivity contribution in [1.82, 2.24) is 10.0 Å². The van der Waals surface area contributed by atoms with E-state index < -0.39 is 16.1 Å². The molecule has 0 spiro atoms. The second kappa shape index (κ2) is 10.1. The Morgan fingerprint density at radius 3 is 2.52 bits per heavy atom. The standard InChI is InChI=1S/C23H35N3O4S/c1-4-22(27)26-13-12-17-15-19(10-11-21(17)26)31(29,30)25-20(14-16(2)3)23(28)24-18-8-6-5-7-9-18/h10-11,15-16,18,20,25H,4-9,12-14H2,1-3H3,(H,24,28)/t20-/m1/s1. The number of nitrogens with zero attached hydrogens (tertiary/aromatic N) is 1. The highest BCUT2D eigenvalue weighted by atomic mass is 32.2. The van der Waals surface area contributed by atoms with Gasteiger partial charge in [0.2, 0.25) is 21.8 Å². The van der Waals surface area contributed by atoms with E-state index in [2.05, 4.69) is 10.0 Å². The molecular weight excluding hydrogens is 414 g/mol. The summed E-state index contributed by atoms with van der Waals surface area (Å²) in [4.78, 5) is 26.9. The number of amides is 2. The van der Waals surface area contributed by atoms with Crippen LogP contribution in [0.15, 0.2) is 23.1 Å². The Bertz CT molecular complexity index is 907. The van der Waals surface area contributed by atoms with Gasteiger partial charge in [0.15, 0.2) is 0 Å². The number of carbonyl (C=O) groups excluding carboxylic acids is 2. The Balaban J connectivity index is 1.76. The zero-order chi connectivity index (χ0) is 22.6. The first-order chi connectivity index (χ1) is 14.7. The predicted octanol–water partition coefficient (Wildman–Crippen LogP) is 3.13. The van der Waals surface area contributed by atoms with Crippen molar-refractivity contribution in [2.45, 2.75) is 89.1 Å². The molecule has 31 heavy (non-hydrogen) atoms. The van der Waals surface area contributed by atoms with Gasteiger partial charge in [0, 0.05) is 24.7 Å². The van der Waals surface area contributed by atoms with Crippen molar-refractivity contribution in [3.8, 4) is 0 Å². The third kappa shape index (κ3) is 5.86. The first-order valence-electron chi connectivity index (χ1n) is 11.5. The molecule has 1 heterocycles. The summed E-state index contributed by atoms with van der Waals surface area (Å²) in [5.41, 5.74) is 1.62. The Labute approximate surface area is 186 Å². The summed E-state index contributed by atoms with van der Waals surface area (Å²) >= 11 is 0. The van der Waals surface area contributed by atoms with Crippen LogP contribution >= 0.6 is 0 Å². The second-order valence-electron chi connectivity index (χ2n) is 9.09. The molecule has 3 rings (SSSR count). The zero-order valence-corrected chi connectivity index (χ0v) is 19.6. The molecule has 0 saturated heterocycles. The van der Waals surface area contributed by atoms with Crippen LogP contribution in [0.3, 0.4) is 0 Å². The van der Waals surface area contributed by atoms with Gasteiger partial charge < -0.3 is 10.2 Å². The maximum atomic E-state index is 13.1. The third-order valence-electron chi connectivity index (χ3n) is 6.13. The second-order valence-corrected chi connectivity index (χ2v) is 10.8. The van der Waals surface area contributed by atoms with E-state index >= 15 is 0 Å². The number of rotatable bonds is 8. The molecular formula is C23H35N3O4S. The minimum absolute atomic E-state index is 0.0314. The lowest BCUT2D eigenvalue weighted by molar-refractivity contribution is -0.124. The Kier molecular flexibility index (Phi) is 7.75. The maximum absolute atomic E-state index is 13.1. The molecule has 1 saturated carbocycles. The third-order valence-corrected chi connectivity index (χ3v) is 7.60. The van der Waals surface area contributed by atoms with E-state index in [0.29, 0.717) is 25.8 Å². The van der Waals surface area contributed by atoms with E-state index in [1.54, 1.807) is 17.0 Å². The lowest BCUT2D eigenvalue weighted by Crippen LogP contribution is -2.50. The van der Waals surface area contributed by atoms with Crippen LogP contribution in [-0.2, 0) is 26.0 Å². The molecule has 1 fully saturated rings. The van der Waals surface area contributed by atoms with E-state index in [4.69, 9.17) is 0 Å². The lowest BCUT2D eigenvalue weighted by atomic mass is 9.95. The summed E-state index contributed by atoms with van der Waals surface area (Å²) in [5.74, 6) is -0.0487. The zero-order valence-electron chi connectivity index (χ0n) is 18.8. The SMILES string of the molecule is CCC(=O)N1CCc2cc(S(=O)(=O)N[C@H](CC(C)C)C(=O)NC3CCCCC3)ccc21. The van der Waals surface area contributed by atoms with E-state index in [1.165, 1.54) is 12.5 Å². The first kappa shape index (κ1) is 23.7. The number of hydrogen-bond acceptors (Lipinski definition) is 4. The summed E-state index contributed by atoms with van der Waals surface area (Å²) in [6.07, 6.45) is 6.75. The van der Waals surface area contributed by atoms with E-state index in [-0.39, 0.29) is 28.7 Å². The Morgan fingerprint density at radius 2 is 1.87 bits per heavy atom. The van der Waals surface area contributed by atoms with Crippen molar-refractivity contribution in [2.24, 2.45) is 5.92 Å². The van der Waals surface area contributed by atoms with Crippen molar-refractivity contribution >= 4 is 27.5 Å². The van der Waals surface area contributed by atoms with Crippen molar-refractivity contribution in [1.29, 1.82) is 0 Å². The number of nitrogens with one attached hydrogen (secondary N) is 2. The molecule has 0 aromatic heterocycles. The molecule has 1 aliphatic carbocycles. The molecule has 2 N–H and O–H groups in total. The fourth-order valence-electron chi connectivity index (χ4n) is 4.48. The average Bonchev–Trinajstić information content (AvgIpc) is 3.16. The van der Waals surface area contributed by atoms with Crippen LogP contribution in [0.4, 0.5) is 5.69 Å². The van der Waals surface area contributed by atoms with Crippen LogP contribution in [-0.4, -0.2) is 38.9 Å². The van der Waals surface area contributed by atoms with Crippen LogP contribution in [0, 0.1) is 5.92 Å². The Morgan fingerprint density at radius 1 is 1.16 bits per heavy atom. The first-order valence-corrected chi connectivity index (χ1v) is 13.0. The molecule has 1 aliphatic heterocycles. The molecule has 7 nitrogen and oxygen atoms in total. The maximum Gasteiger partial charge on any atom is 0.241 e. The Hall–Kier alpha value is -1.93. The van der Waals surface area contributed by atoms with Gasteiger partial charge in [-0.25, -0.2) is 8.42 Å². The van der Waals surface area contributed by atoms with Gasteiger partial charge in [0.25, 0.3) is 0 Å². The average molecular weight is 450 g/mol. The topological polar surface area (TPSA) is 95.6 Å². The van der Waals surface area contributed by atoms with E-state index in [9.17, 15) is 18.0 Å². The predicted molar refractivity (Wildman–Crippen MR) is 121 cm³/mol. The van der Waals surface area contributed by atoms with Gasteiger partial charge in [-0.1, -0.05) is 40.0 Å². The highest BCUT2D eigenvalue weighted by molar-refractivity contribution is 7.89. The summed E-state index contributed by atoms with van der Waals surface area (Å²) in [6.45, 7) is 6.34. The number of benzene rings is 1. The molecule has 8 heteroatoms. The smallest absolute Gasteiger partial charge is 0.241 e. The number of fused-ring (bicyclic) bond motifs is 1. The molecule has 1 aromatic rings. The fourth-order valence-corrected chi connectivity index (χ4v) is 5.74. The summed E-state index contributed by atoms with van der Waals surface area (Å²) in [7, 11) is -3.87. The molecule has 2 aliphatic rings. The van der Waals surface area contributed by atoms with Gasteiger partial charge >= 0.3 is 0 Å². The quantitative estimate of drug-likeness (QED) is 0.637. The van der Waals surface area contributed by atoms with Crippen LogP contribution in [0.25, 0.3) is 0 Å². The van der Waals surface area contributed by atoms with Crippen LogP contribution in [0.2, 0.25) is 0 Å². The molecule has 0 unspecified atom stereocenters. The summed E-state index contributed by atoms with van der Waals surface area (Å²) < 4.78 is 28.9. The van der Waals surface area contributed by atoms with E-state index in [1.807, 2.05) is 20.8 Å². The van der Waals surface area contributed by atoms with Gasteiger partial charge in [-0.2, -0.15) is 4.72 Å². The number of anilines is 1. The fraction of sp³-hybridized carbons (Fsp3) is 0.652. The van der Waals surface area contributed by atoms with Crippen LogP contribution < -0.4 is 14.9 Å². The molecule has 2 amide bonds. The number of sulfonamides is 1. The van der Waals surface area contributed by atoms with Gasteiger partial charge in [-0.3, -0.25) is 9.59 Å².